The van der Waals surface area contributed by atoms with Crippen LogP contribution in [0.4, 0.5) is 5.69 Å². The molecule has 0 unspecified atom stereocenters. The Hall–Kier alpha value is -1.32. The molecule has 0 bridgehead atoms. The molecule has 0 fully saturated rings. The molecule has 0 aliphatic carbocycles. The third-order valence-electron chi connectivity index (χ3n) is 2.89. The monoisotopic (exact) mass is 337 g/mol. The fourth-order valence-electron chi connectivity index (χ4n) is 1.99. The second kappa shape index (κ2) is 6.22. The zero-order valence-electron chi connectivity index (χ0n) is 10.4. The van der Waals surface area contributed by atoms with Crippen molar-refractivity contribution < 1.29 is 4.79 Å². The van der Waals surface area contributed by atoms with Crippen LogP contribution in [0.5, 0.6) is 0 Å². The molecule has 0 saturated carbocycles. The van der Waals surface area contributed by atoms with Crippen molar-refractivity contribution in [1.29, 1.82) is 0 Å². The summed E-state index contributed by atoms with van der Waals surface area (Å²) in [5.41, 5.74) is 2.50. The van der Waals surface area contributed by atoms with Gasteiger partial charge in [-0.3, -0.25) is 4.79 Å². The molecule has 0 aliphatic heterocycles. The maximum Gasteiger partial charge on any atom is 0.152 e. The predicted octanol–water partition coefficient (Wildman–Crippen LogP) is 4.55. The molecule has 2 rings (SSSR count). The fourth-order valence-corrected chi connectivity index (χ4v) is 2.73. The highest BCUT2D eigenvalue weighted by Crippen LogP contribution is 2.30. The second-order valence-electron chi connectivity index (χ2n) is 4.24. The molecule has 98 valence electrons. The van der Waals surface area contributed by atoms with Crippen LogP contribution < -0.4 is 4.90 Å². The lowest BCUT2D eigenvalue weighted by Crippen LogP contribution is -2.18. The summed E-state index contributed by atoms with van der Waals surface area (Å²) in [4.78, 5) is 13.1. The van der Waals surface area contributed by atoms with Gasteiger partial charge in [0.15, 0.2) is 6.29 Å². The average molecular weight is 339 g/mol. The molecular formula is C15H13BrClNO. The summed E-state index contributed by atoms with van der Waals surface area (Å²) in [7, 11) is 1.92. The molecule has 0 spiro atoms. The lowest BCUT2D eigenvalue weighted by molar-refractivity contribution is 0.112. The third-order valence-corrected chi connectivity index (χ3v) is 3.97. The van der Waals surface area contributed by atoms with Gasteiger partial charge in [-0.2, -0.15) is 0 Å². The Morgan fingerprint density at radius 2 is 1.95 bits per heavy atom. The van der Waals surface area contributed by atoms with Crippen LogP contribution >= 0.6 is 27.5 Å². The van der Waals surface area contributed by atoms with E-state index in [2.05, 4.69) is 15.9 Å². The van der Waals surface area contributed by atoms with Gasteiger partial charge >= 0.3 is 0 Å². The lowest BCUT2D eigenvalue weighted by Gasteiger charge is -2.22. The van der Waals surface area contributed by atoms with Gasteiger partial charge in [-0.05, 0) is 23.8 Å². The quantitative estimate of drug-likeness (QED) is 0.762. The Morgan fingerprint density at radius 1 is 1.21 bits per heavy atom. The highest BCUT2D eigenvalue weighted by atomic mass is 79.9. The van der Waals surface area contributed by atoms with Gasteiger partial charge in [0, 0.05) is 23.6 Å². The number of para-hydroxylation sites is 1. The lowest BCUT2D eigenvalue weighted by atomic mass is 10.1. The average Bonchev–Trinajstić information content (AvgIpc) is 2.40. The third kappa shape index (κ3) is 3.17. The predicted molar refractivity (Wildman–Crippen MR) is 83.1 cm³/mol. The Bertz CT molecular complexity index is 600. The minimum absolute atomic E-state index is 0.583. The summed E-state index contributed by atoms with van der Waals surface area (Å²) < 4.78 is 1.04. The van der Waals surface area contributed by atoms with E-state index in [0.717, 1.165) is 22.0 Å². The first kappa shape index (κ1) is 14.1. The smallest absolute Gasteiger partial charge is 0.152 e. The SMILES string of the molecule is CN(Cc1ccccc1Br)c1c(Cl)cccc1C=O. The summed E-state index contributed by atoms with van der Waals surface area (Å²) >= 11 is 9.72. The van der Waals surface area contributed by atoms with E-state index in [1.165, 1.54) is 0 Å². The molecule has 0 radical (unpaired) electrons. The first-order valence-electron chi connectivity index (χ1n) is 5.81. The molecule has 0 saturated heterocycles. The number of nitrogens with zero attached hydrogens (tertiary/aromatic N) is 1. The number of anilines is 1. The van der Waals surface area contributed by atoms with E-state index in [0.29, 0.717) is 17.1 Å². The van der Waals surface area contributed by atoms with Crippen molar-refractivity contribution in [3.05, 3.63) is 63.1 Å². The number of halogens is 2. The van der Waals surface area contributed by atoms with Crippen LogP contribution in [0.1, 0.15) is 15.9 Å². The zero-order chi connectivity index (χ0) is 13.8. The van der Waals surface area contributed by atoms with Crippen molar-refractivity contribution in [1.82, 2.24) is 0 Å². The number of benzene rings is 2. The molecule has 0 N–H and O–H groups in total. The number of carbonyl (C=O) groups excluding carboxylic acids is 1. The van der Waals surface area contributed by atoms with E-state index in [1.54, 1.807) is 18.2 Å². The van der Waals surface area contributed by atoms with Gasteiger partial charge in [0.2, 0.25) is 0 Å². The van der Waals surface area contributed by atoms with E-state index >= 15 is 0 Å². The fraction of sp³-hybridized carbons (Fsp3) is 0.133. The summed E-state index contributed by atoms with van der Waals surface area (Å²) in [6.45, 7) is 0.673. The van der Waals surface area contributed by atoms with Crippen molar-refractivity contribution in [2.24, 2.45) is 0 Å². The van der Waals surface area contributed by atoms with E-state index < -0.39 is 0 Å². The molecule has 2 aromatic rings. The Labute approximate surface area is 126 Å². The van der Waals surface area contributed by atoms with Gasteiger partial charge in [-0.25, -0.2) is 0 Å². The highest BCUT2D eigenvalue weighted by molar-refractivity contribution is 9.10. The number of hydrogen-bond donors (Lipinski definition) is 0. The minimum atomic E-state index is 0.583. The standard InChI is InChI=1S/C15H13BrClNO/c1-18(9-11-5-2-3-7-13(11)16)15-12(10-19)6-4-8-14(15)17/h2-8,10H,9H2,1H3. The molecule has 19 heavy (non-hydrogen) atoms. The highest BCUT2D eigenvalue weighted by Gasteiger charge is 2.12. The van der Waals surface area contributed by atoms with Crippen LogP contribution in [-0.4, -0.2) is 13.3 Å². The van der Waals surface area contributed by atoms with Crippen molar-refractivity contribution >= 4 is 39.5 Å². The van der Waals surface area contributed by atoms with Gasteiger partial charge < -0.3 is 4.90 Å². The summed E-state index contributed by atoms with van der Waals surface area (Å²) in [6, 6.07) is 13.3. The topological polar surface area (TPSA) is 20.3 Å². The van der Waals surface area contributed by atoms with Gasteiger partial charge in [-0.1, -0.05) is 51.8 Å². The second-order valence-corrected chi connectivity index (χ2v) is 5.50. The number of hydrogen-bond acceptors (Lipinski definition) is 2. The van der Waals surface area contributed by atoms with Gasteiger partial charge in [0.1, 0.15) is 0 Å². The number of aldehydes is 1. The van der Waals surface area contributed by atoms with Crippen molar-refractivity contribution in [2.45, 2.75) is 6.54 Å². The van der Waals surface area contributed by atoms with Crippen LogP contribution in [0, 0.1) is 0 Å². The largest absolute Gasteiger partial charge is 0.368 e. The Morgan fingerprint density at radius 3 is 2.63 bits per heavy atom. The first-order valence-corrected chi connectivity index (χ1v) is 6.99. The number of carbonyl (C=O) groups is 1. The molecule has 2 nitrogen and oxygen atoms in total. The van der Waals surface area contributed by atoms with Crippen molar-refractivity contribution in [3.63, 3.8) is 0 Å². The van der Waals surface area contributed by atoms with Crippen LogP contribution in [-0.2, 0) is 6.54 Å². The van der Waals surface area contributed by atoms with Gasteiger partial charge in [-0.15, -0.1) is 0 Å². The summed E-state index contributed by atoms with van der Waals surface area (Å²) in [5, 5.41) is 0.583. The molecule has 0 aromatic heterocycles. The molecule has 4 heteroatoms. The van der Waals surface area contributed by atoms with E-state index in [4.69, 9.17) is 11.6 Å². The Balaban J connectivity index is 2.33. The molecule has 0 heterocycles. The molecule has 0 atom stereocenters. The van der Waals surface area contributed by atoms with E-state index in [-0.39, 0.29) is 0 Å². The zero-order valence-corrected chi connectivity index (χ0v) is 12.8. The van der Waals surface area contributed by atoms with Crippen molar-refractivity contribution in [2.75, 3.05) is 11.9 Å². The molecule has 2 aromatic carbocycles. The number of rotatable bonds is 4. The first-order chi connectivity index (χ1) is 9.13. The maximum atomic E-state index is 11.1. The normalized spacial score (nSPS) is 10.3. The van der Waals surface area contributed by atoms with E-state index in [9.17, 15) is 4.79 Å². The van der Waals surface area contributed by atoms with Gasteiger partial charge in [0.25, 0.3) is 0 Å². The molecule has 0 aliphatic rings. The minimum Gasteiger partial charge on any atom is -0.368 e. The maximum absolute atomic E-state index is 11.1. The van der Waals surface area contributed by atoms with Crippen molar-refractivity contribution in [3.8, 4) is 0 Å². The molecular weight excluding hydrogens is 326 g/mol. The van der Waals surface area contributed by atoms with E-state index in [1.807, 2.05) is 36.2 Å². The van der Waals surface area contributed by atoms with Crippen LogP contribution in [0.15, 0.2) is 46.9 Å². The van der Waals surface area contributed by atoms with Crippen LogP contribution in [0.2, 0.25) is 5.02 Å². The van der Waals surface area contributed by atoms with Crippen LogP contribution in [0.3, 0.4) is 0 Å². The summed E-state index contributed by atoms with van der Waals surface area (Å²) in [6.07, 6.45) is 0.831. The summed E-state index contributed by atoms with van der Waals surface area (Å²) in [5.74, 6) is 0. The van der Waals surface area contributed by atoms with Gasteiger partial charge in [0.05, 0.1) is 10.7 Å². The Kier molecular flexibility index (Phi) is 4.61. The molecule has 0 amide bonds. The van der Waals surface area contributed by atoms with Crippen LogP contribution in [0.25, 0.3) is 0 Å².